The fourth-order valence-corrected chi connectivity index (χ4v) is 3.42. The third-order valence-corrected chi connectivity index (χ3v) is 4.57. The second kappa shape index (κ2) is 7.19. The van der Waals surface area contributed by atoms with Gasteiger partial charge in [0.2, 0.25) is 10.0 Å². The second-order valence-electron chi connectivity index (χ2n) is 5.29. The van der Waals surface area contributed by atoms with Crippen molar-refractivity contribution in [2.45, 2.75) is 5.75 Å². The largest absolute Gasteiger partial charge is 0.457 e. The predicted octanol–water partition coefficient (Wildman–Crippen LogP) is 4.42. The van der Waals surface area contributed by atoms with Crippen LogP contribution >= 0.6 is 0 Å². The number of para-hydroxylation sites is 1. The number of nitrogens with one attached hydrogen (secondary N) is 1. The minimum atomic E-state index is -3.45. The quantitative estimate of drug-likeness (QED) is 0.723. The first-order chi connectivity index (χ1) is 11.6. The fourth-order valence-electron chi connectivity index (χ4n) is 2.22. The second-order valence-corrected chi connectivity index (χ2v) is 7.01. The van der Waals surface area contributed by atoms with Crippen molar-refractivity contribution in [1.29, 1.82) is 0 Å². The van der Waals surface area contributed by atoms with Gasteiger partial charge in [0.05, 0.1) is 5.75 Å². The number of hydrogen-bond donors (Lipinski definition) is 1. The van der Waals surface area contributed by atoms with Gasteiger partial charge in [0.1, 0.15) is 11.5 Å². The first kappa shape index (κ1) is 16.1. The fraction of sp³-hybridized carbons (Fsp3) is 0.0526. The monoisotopic (exact) mass is 339 g/mol. The predicted molar refractivity (Wildman–Crippen MR) is 95.6 cm³/mol. The van der Waals surface area contributed by atoms with Crippen LogP contribution in [0.1, 0.15) is 5.56 Å². The number of ether oxygens (including phenoxy) is 1. The van der Waals surface area contributed by atoms with E-state index in [1.165, 1.54) is 0 Å². The van der Waals surface area contributed by atoms with Crippen LogP contribution in [0, 0.1) is 0 Å². The van der Waals surface area contributed by atoms with E-state index in [0.29, 0.717) is 11.4 Å². The number of hydrogen-bond acceptors (Lipinski definition) is 3. The van der Waals surface area contributed by atoms with E-state index in [4.69, 9.17) is 4.74 Å². The van der Waals surface area contributed by atoms with E-state index >= 15 is 0 Å². The van der Waals surface area contributed by atoms with Gasteiger partial charge in [0.15, 0.2) is 0 Å². The molecule has 0 aromatic heterocycles. The highest BCUT2D eigenvalue weighted by atomic mass is 32.2. The normalized spacial score (nSPS) is 11.0. The Bertz CT molecular complexity index is 877. The van der Waals surface area contributed by atoms with E-state index in [2.05, 4.69) is 4.72 Å². The molecule has 0 heterocycles. The molecule has 0 unspecified atom stereocenters. The lowest BCUT2D eigenvalue weighted by molar-refractivity contribution is 0.483. The highest BCUT2D eigenvalue weighted by molar-refractivity contribution is 7.91. The molecule has 0 amide bonds. The Morgan fingerprint density at radius 2 is 1.25 bits per heavy atom. The Kier molecular flexibility index (Phi) is 4.82. The molecule has 24 heavy (non-hydrogen) atoms. The van der Waals surface area contributed by atoms with Gasteiger partial charge >= 0.3 is 0 Å². The van der Waals surface area contributed by atoms with Gasteiger partial charge < -0.3 is 4.74 Å². The average Bonchev–Trinajstić information content (AvgIpc) is 2.58. The van der Waals surface area contributed by atoms with Crippen molar-refractivity contribution in [3.8, 4) is 11.5 Å². The highest BCUT2D eigenvalue weighted by Crippen LogP contribution is 2.23. The molecular formula is C19H17NO3S. The smallest absolute Gasteiger partial charge is 0.236 e. The van der Waals surface area contributed by atoms with E-state index in [1.807, 2.05) is 48.5 Å². The van der Waals surface area contributed by atoms with E-state index in [1.54, 1.807) is 36.4 Å². The summed E-state index contributed by atoms with van der Waals surface area (Å²) >= 11 is 0. The van der Waals surface area contributed by atoms with Crippen LogP contribution in [-0.4, -0.2) is 8.42 Å². The van der Waals surface area contributed by atoms with Crippen LogP contribution < -0.4 is 9.46 Å². The molecular weight excluding hydrogens is 322 g/mol. The zero-order valence-corrected chi connectivity index (χ0v) is 13.7. The number of rotatable bonds is 6. The van der Waals surface area contributed by atoms with Gasteiger partial charge in [-0.1, -0.05) is 48.5 Å². The Balaban J connectivity index is 1.65. The molecule has 3 aromatic carbocycles. The molecule has 5 heteroatoms. The minimum absolute atomic E-state index is 0.0594. The summed E-state index contributed by atoms with van der Waals surface area (Å²) in [6.07, 6.45) is 0. The molecule has 122 valence electrons. The lowest BCUT2D eigenvalue weighted by Crippen LogP contribution is -2.14. The van der Waals surface area contributed by atoms with Gasteiger partial charge in [-0.3, -0.25) is 4.72 Å². The molecule has 0 aliphatic heterocycles. The van der Waals surface area contributed by atoms with Crippen molar-refractivity contribution in [2.24, 2.45) is 0 Å². The summed E-state index contributed by atoms with van der Waals surface area (Å²) < 4.78 is 32.7. The summed E-state index contributed by atoms with van der Waals surface area (Å²) in [5.74, 6) is 1.32. The first-order valence-corrected chi connectivity index (χ1v) is 9.13. The van der Waals surface area contributed by atoms with Gasteiger partial charge in [-0.25, -0.2) is 8.42 Å². The molecule has 0 aliphatic rings. The van der Waals surface area contributed by atoms with Crippen LogP contribution in [0.4, 0.5) is 5.69 Å². The Morgan fingerprint density at radius 3 is 1.88 bits per heavy atom. The van der Waals surface area contributed by atoms with Gasteiger partial charge in [0, 0.05) is 5.69 Å². The maximum Gasteiger partial charge on any atom is 0.236 e. The zero-order chi connectivity index (χ0) is 16.8. The molecule has 0 saturated heterocycles. The first-order valence-electron chi connectivity index (χ1n) is 7.48. The van der Waals surface area contributed by atoms with Gasteiger partial charge in [-0.15, -0.1) is 0 Å². The van der Waals surface area contributed by atoms with E-state index in [0.717, 1.165) is 11.3 Å². The van der Waals surface area contributed by atoms with Crippen LogP contribution in [0.25, 0.3) is 0 Å². The molecule has 0 atom stereocenters. The summed E-state index contributed by atoms with van der Waals surface area (Å²) in [5, 5.41) is 0. The SMILES string of the molecule is O=S(=O)(Cc1ccccc1)Nc1ccc(Oc2ccccc2)cc1. The highest BCUT2D eigenvalue weighted by Gasteiger charge is 2.11. The molecule has 4 nitrogen and oxygen atoms in total. The Labute approximate surface area is 141 Å². The van der Waals surface area contributed by atoms with E-state index < -0.39 is 10.0 Å². The molecule has 0 aliphatic carbocycles. The Hall–Kier alpha value is -2.79. The van der Waals surface area contributed by atoms with Crippen LogP contribution in [-0.2, 0) is 15.8 Å². The van der Waals surface area contributed by atoms with E-state index in [9.17, 15) is 8.42 Å². The van der Waals surface area contributed by atoms with Gasteiger partial charge in [-0.05, 0) is 42.0 Å². The molecule has 0 fully saturated rings. The van der Waals surface area contributed by atoms with Crippen molar-refractivity contribution in [2.75, 3.05) is 4.72 Å². The topological polar surface area (TPSA) is 55.4 Å². The molecule has 0 saturated carbocycles. The maximum atomic E-state index is 12.2. The van der Waals surface area contributed by atoms with Crippen molar-refractivity contribution in [3.63, 3.8) is 0 Å². The van der Waals surface area contributed by atoms with Crippen molar-refractivity contribution in [1.82, 2.24) is 0 Å². The van der Waals surface area contributed by atoms with Crippen LogP contribution in [0.3, 0.4) is 0 Å². The summed E-state index contributed by atoms with van der Waals surface area (Å²) in [6, 6.07) is 25.3. The Morgan fingerprint density at radius 1 is 0.708 bits per heavy atom. The summed E-state index contributed by atoms with van der Waals surface area (Å²) in [6.45, 7) is 0. The molecule has 0 bridgehead atoms. The maximum absolute atomic E-state index is 12.2. The molecule has 3 rings (SSSR count). The molecule has 1 N–H and O–H groups in total. The average molecular weight is 339 g/mol. The lowest BCUT2D eigenvalue weighted by Gasteiger charge is -2.10. The number of sulfonamides is 1. The van der Waals surface area contributed by atoms with Crippen LogP contribution in [0.2, 0.25) is 0 Å². The van der Waals surface area contributed by atoms with Gasteiger partial charge in [0.25, 0.3) is 0 Å². The summed E-state index contributed by atoms with van der Waals surface area (Å²) in [5.41, 5.74) is 1.25. The van der Waals surface area contributed by atoms with Crippen molar-refractivity contribution in [3.05, 3.63) is 90.5 Å². The van der Waals surface area contributed by atoms with E-state index in [-0.39, 0.29) is 5.75 Å². The van der Waals surface area contributed by atoms with Crippen molar-refractivity contribution < 1.29 is 13.2 Å². The third kappa shape index (κ3) is 4.60. The molecule has 3 aromatic rings. The molecule has 0 spiro atoms. The van der Waals surface area contributed by atoms with Crippen LogP contribution in [0.5, 0.6) is 11.5 Å². The van der Waals surface area contributed by atoms with Crippen LogP contribution in [0.15, 0.2) is 84.9 Å². The van der Waals surface area contributed by atoms with Gasteiger partial charge in [-0.2, -0.15) is 0 Å². The van der Waals surface area contributed by atoms with Crippen molar-refractivity contribution >= 4 is 15.7 Å². The number of benzene rings is 3. The number of anilines is 1. The summed E-state index contributed by atoms with van der Waals surface area (Å²) in [7, 11) is -3.45. The lowest BCUT2D eigenvalue weighted by atomic mass is 10.2. The minimum Gasteiger partial charge on any atom is -0.457 e. The third-order valence-electron chi connectivity index (χ3n) is 3.31. The zero-order valence-electron chi connectivity index (χ0n) is 12.9. The standard InChI is InChI=1S/C19H17NO3S/c21-24(22,15-16-7-3-1-4-8-16)20-17-11-13-19(14-12-17)23-18-9-5-2-6-10-18/h1-14,20H,15H2. The summed E-state index contributed by atoms with van der Waals surface area (Å²) in [4.78, 5) is 0. The molecule has 0 radical (unpaired) electrons.